The molecule has 3 rings (SSSR count). The first kappa shape index (κ1) is 17.2. The summed E-state index contributed by atoms with van der Waals surface area (Å²) in [6, 6.07) is 6.29. The second-order valence-corrected chi connectivity index (χ2v) is 8.76. The van der Waals surface area contributed by atoms with E-state index in [1.54, 1.807) is 0 Å². The Bertz CT molecular complexity index is 730. The van der Waals surface area contributed by atoms with Crippen LogP contribution < -0.4 is 11.1 Å². The molecule has 0 radical (unpaired) electrons. The Morgan fingerprint density at radius 2 is 2.17 bits per heavy atom. The molecule has 3 N–H and O–H groups in total. The number of aliphatic imine (C=N–C) groups is 1. The molecule has 0 saturated carbocycles. The van der Waals surface area contributed by atoms with E-state index in [-0.39, 0.29) is 5.92 Å². The molecule has 1 aliphatic heterocycles. The molecule has 132 valence electrons. The topological polar surface area (TPSA) is 87.8 Å². The minimum absolute atomic E-state index is 0.241. The molecule has 0 spiro atoms. The first-order chi connectivity index (χ1) is 11.4. The van der Waals surface area contributed by atoms with Crippen molar-refractivity contribution in [2.75, 3.05) is 31.2 Å². The number of fused-ring (bicyclic) bond motifs is 1. The molecule has 1 aromatic carbocycles. The molecule has 1 aromatic rings. The molecule has 0 aromatic heterocycles. The van der Waals surface area contributed by atoms with Crippen molar-refractivity contribution in [2.24, 2.45) is 16.6 Å². The van der Waals surface area contributed by atoms with Crippen molar-refractivity contribution in [3.8, 4) is 0 Å². The summed E-state index contributed by atoms with van der Waals surface area (Å²) in [7, 11) is -3.09. The van der Waals surface area contributed by atoms with Gasteiger partial charge >= 0.3 is 0 Å². The number of anilines is 1. The third kappa shape index (κ3) is 4.08. The lowest BCUT2D eigenvalue weighted by Gasteiger charge is -2.20. The lowest BCUT2D eigenvalue weighted by atomic mass is 9.90. The molecule has 0 bridgehead atoms. The molecule has 7 heteroatoms. The van der Waals surface area contributed by atoms with Gasteiger partial charge in [-0.15, -0.1) is 0 Å². The Kier molecular flexibility index (Phi) is 5.10. The summed E-state index contributed by atoms with van der Waals surface area (Å²) in [4.78, 5) is 4.43. The Morgan fingerprint density at radius 3 is 2.92 bits per heavy atom. The quantitative estimate of drug-likeness (QED) is 0.637. The summed E-state index contributed by atoms with van der Waals surface area (Å²) >= 11 is 0. The average molecular weight is 350 g/mol. The molecule has 1 saturated heterocycles. The maximum absolute atomic E-state index is 11.5. The van der Waals surface area contributed by atoms with Gasteiger partial charge in [0.1, 0.15) is 0 Å². The Hall–Kier alpha value is -1.60. The van der Waals surface area contributed by atoms with Crippen molar-refractivity contribution in [3.05, 3.63) is 29.3 Å². The van der Waals surface area contributed by atoms with Crippen molar-refractivity contribution in [1.82, 2.24) is 4.31 Å². The van der Waals surface area contributed by atoms with Crippen LogP contribution in [0.5, 0.6) is 0 Å². The minimum Gasteiger partial charge on any atom is -0.370 e. The maximum Gasteiger partial charge on any atom is 0.211 e. The summed E-state index contributed by atoms with van der Waals surface area (Å²) in [6.07, 6.45) is 6.77. The van der Waals surface area contributed by atoms with Crippen molar-refractivity contribution in [3.63, 3.8) is 0 Å². The molecule has 2 aliphatic rings. The standard InChI is InChI=1S/C17H26N4O2S/c1-24(22,23)21-10-9-13(12-21)11-19-17(18)20-16-8-4-6-14-5-2-3-7-15(14)16/h4,6,8,13H,2-3,5,7,9-12H2,1H3,(H3,18,19,20). The molecular weight excluding hydrogens is 324 g/mol. The number of aryl methyl sites for hydroxylation is 1. The molecule has 1 atom stereocenters. The predicted molar refractivity (Wildman–Crippen MR) is 97.7 cm³/mol. The van der Waals surface area contributed by atoms with Crippen LogP contribution in [0.4, 0.5) is 5.69 Å². The number of sulfonamides is 1. The summed E-state index contributed by atoms with van der Waals surface area (Å²) in [6.45, 7) is 1.68. The van der Waals surface area contributed by atoms with Crippen molar-refractivity contribution < 1.29 is 8.42 Å². The monoisotopic (exact) mass is 350 g/mol. The van der Waals surface area contributed by atoms with Crippen LogP contribution in [0, 0.1) is 5.92 Å². The third-order valence-electron chi connectivity index (χ3n) is 4.90. The lowest BCUT2D eigenvalue weighted by Crippen LogP contribution is -2.28. The summed E-state index contributed by atoms with van der Waals surface area (Å²) < 4.78 is 24.6. The number of rotatable bonds is 4. The SMILES string of the molecule is CS(=O)(=O)N1CCC(CN=C(N)Nc2cccc3c2CCCC3)C1. The van der Waals surface area contributed by atoms with Gasteiger partial charge in [-0.05, 0) is 55.2 Å². The van der Waals surface area contributed by atoms with E-state index >= 15 is 0 Å². The lowest BCUT2D eigenvalue weighted by molar-refractivity contribution is 0.464. The van der Waals surface area contributed by atoms with Gasteiger partial charge in [-0.2, -0.15) is 0 Å². The van der Waals surface area contributed by atoms with Crippen LogP contribution in [0.15, 0.2) is 23.2 Å². The molecular formula is C17H26N4O2S. The molecule has 24 heavy (non-hydrogen) atoms. The number of nitrogens with one attached hydrogen (secondary N) is 1. The smallest absolute Gasteiger partial charge is 0.211 e. The zero-order valence-corrected chi connectivity index (χ0v) is 15.0. The van der Waals surface area contributed by atoms with Crippen molar-refractivity contribution >= 4 is 21.7 Å². The van der Waals surface area contributed by atoms with E-state index in [0.29, 0.717) is 25.6 Å². The summed E-state index contributed by atoms with van der Waals surface area (Å²) in [5.74, 6) is 0.650. The fraction of sp³-hybridized carbons (Fsp3) is 0.588. The summed E-state index contributed by atoms with van der Waals surface area (Å²) in [5.41, 5.74) is 9.85. The zero-order chi connectivity index (χ0) is 17.2. The molecule has 1 heterocycles. The van der Waals surface area contributed by atoms with Gasteiger partial charge in [-0.25, -0.2) is 12.7 Å². The van der Waals surface area contributed by atoms with Gasteiger partial charge in [-0.3, -0.25) is 4.99 Å². The molecule has 1 fully saturated rings. The van der Waals surface area contributed by atoms with Crippen LogP contribution in [0.2, 0.25) is 0 Å². The highest BCUT2D eigenvalue weighted by Crippen LogP contribution is 2.27. The van der Waals surface area contributed by atoms with Gasteiger partial charge in [0.15, 0.2) is 5.96 Å². The van der Waals surface area contributed by atoms with E-state index < -0.39 is 10.0 Å². The van der Waals surface area contributed by atoms with Crippen LogP contribution in [0.3, 0.4) is 0 Å². The number of nitrogens with zero attached hydrogens (tertiary/aromatic N) is 2. The van der Waals surface area contributed by atoms with Gasteiger partial charge in [0.25, 0.3) is 0 Å². The van der Waals surface area contributed by atoms with Crippen molar-refractivity contribution in [2.45, 2.75) is 32.1 Å². The highest BCUT2D eigenvalue weighted by atomic mass is 32.2. The highest BCUT2D eigenvalue weighted by Gasteiger charge is 2.28. The fourth-order valence-corrected chi connectivity index (χ4v) is 4.47. The third-order valence-corrected chi connectivity index (χ3v) is 6.17. The normalized spacial score (nSPS) is 22.4. The van der Waals surface area contributed by atoms with Gasteiger partial charge in [0.05, 0.1) is 6.26 Å². The highest BCUT2D eigenvalue weighted by molar-refractivity contribution is 7.88. The van der Waals surface area contributed by atoms with Gasteiger partial charge in [0.2, 0.25) is 10.0 Å². The Labute approximate surface area is 144 Å². The number of guanidine groups is 1. The Balaban J connectivity index is 1.60. The number of benzene rings is 1. The molecule has 1 aliphatic carbocycles. The van der Waals surface area contributed by atoms with Gasteiger partial charge < -0.3 is 11.1 Å². The molecule has 0 amide bonds. The van der Waals surface area contributed by atoms with Crippen LogP contribution in [0.25, 0.3) is 0 Å². The second kappa shape index (κ2) is 7.11. The molecule has 1 unspecified atom stereocenters. The Morgan fingerprint density at radius 1 is 1.38 bits per heavy atom. The summed E-state index contributed by atoms with van der Waals surface area (Å²) in [5, 5.41) is 3.23. The zero-order valence-electron chi connectivity index (χ0n) is 14.2. The van der Waals surface area contributed by atoms with E-state index in [9.17, 15) is 8.42 Å². The van der Waals surface area contributed by atoms with E-state index in [1.807, 2.05) is 6.07 Å². The van der Waals surface area contributed by atoms with E-state index in [4.69, 9.17) is 5.73 Å². The van der Waals surface area contributed by atoms with Crippen LogP contribution in [-0.4, -0.2) is 44.6 Å². The van der Waals surface area contributed by atoms with Gasteiger partial charge in [0, 0.05) is 25.3 Å². The number of nitrogens with two attached hydrogens (primary N) is 1. The van der Waals surface area contributed by atoms with Crippen LogP contribution >= 0.6 is 0 Å². The predicted octanol–water partition coefficient (Wildman–Crippen LogP) is 1.57. The molecule has 6 nitrogen and oxygen atoms in total. The van der Waals surface area contributed by atoms with Crippen molar-refractivity contribution in [1.29, 1.82) is 0 Å². The van der Waals surface area contributed by atoms with E-state index in [1.165, 1.54) is 34.5 Å². The first-order valence-corrected chi connectivity index (χ1v) is 10.4. The van der Waals surface area contributed by atoms with Gasteiger partial charge in [-0.1, -0.05) is 12.1 Å². The maximum atomic E-state index is 11.5. The van der Waals surface area contributed by atoms with Crippen LogP contribution in [0.1, 0.15) is 30.4 Å². The van der Waals surface area contributed by atoms with Crippen LogP contribution in [-0.2, 0) is 22.9 Å². The fourth-order valence-electron chi connectivity index (χ4n) is 3.55. The van der Waals surface area contributed by atoms with E-state index in [0.717, 1.165) is 24.9 Å². The second-order valence-electron chi connectivity index (χ2n) is 6.78. The largest absolute Gasteiger partial charge is 0.370 e. The number of hydrogen-bond donors (Lipinski definition) is 2. The minimum atomic E-state index is -3.09. The number of hydrogen-bond acceptors (Lipinski definition) is 3. The average Bonchev–Trinajstić information content (AvgIpc) is 3.03. The van der Waals surface area contributed by atoms with E-state index in [2.05, 4.69) is 22.4 Å². The first-order valence-electron chi connectivity index (χ1n) is 8.56.